The van der Waals surface area contributed by atoms with Crippen LogP contribution in [0.1, 0.15) is 41.2 Å². The molecule has 31 heavy (non-hydrogen) atoms. The first-order valence-corrected chi connectivity index (χ1v) is 10.7. The van der Waals surface area contributed by atoms with Gasteiger partial charge in [0.2, 0.25) is 0 Å². The number of Topliss-reactive ketones (excluding diaryl/α,β-unsaturated/α-hetero) is 1. The molecule has 8 heteroatoms. The van der Waals surface area contributed by atoms with Gasteiger partial charge in [-0.2, -0.15) is 5.10 Å². The van der Waals surface area contributed by atoms with Gasteiger partial charge in [-0.15, -0.1) is 0 Å². The van der Waals surface area contributed by atoms with Crippen molar-refractivity contribution in [3.63, 3.8) is 0 Å². The maximum Gasteiger partial charge on any atom is 0.261 e. The van der Waals surface area contributed by atoms with Crippen LogP contribution < -0.4 is 10.6 Å². The second kappa shape index (κ2) is 7.77. The Morgan fingerprint density at radius 3 is 2.77 bits per heavy atom. The highest BCUT2D eigenvalue weighted by molar-refractivity contribution is 9.10. The molecule has 2 aliphatic rings. The molecule has 0 bridgehead atoms. The molecule has 3 aromatic rings. The molecule has 1 amide bonds. The Hall–Kier alpha value is -3.26. The molecule has 1 aromatic heterocycles. The zero-order valence-electron chi connectivity index (χ0n) is 16.4. The molecular formula is C23H18BrFN4O2. The number of rotatable bonds is 3. The van der Waals surface area contributed by atoms with E-state index in [0.717, 1.165) is 28.6 Å². The normalized spacial score (nSPS) is 17.6. The summed E-state index contributed by atoms with van der Waals surface area (Å²) in [5.74, 6) is -0.101. The third-order valence-corrected chi connectivity index (χ3v) is 6.04. The highest BCUT2D eigenvalue weighted by Gasteiger charge is 2.37. The zero-order chi connectivity index (χ0) is 21.5. The number of nitrogens with one attached hydrogen (secondary N) is 2. The summed E-state index contributed by atoms with van der Waals surface area (Å²) in [4.78, 5) is 25.8. The molecule has 0 spiro atoms. The van der Waals surface area contributed by atoms with Crippen LogP contribution in [0.2, 0.25) is 0 Å². The molecule has 0 unspecified atom stereocenters. The van der Waals surface area contributed by atoms with Crippen molar-refractivity contribution < 1.29 is 14.0 Å². The highest BCUT2D eigenvalue weighted by Crippen LogP contribution is 2.42. The van der Waals surface area contributed by atoms with E-state index in [1.165, 1.54) is 30.5 Å². The Labute approximate surface area is 186 Å². The molecule has 1 aliphatic heterocycles. The quantitative estimate of drug-likeness (QED) is 0.549. The summed E-state index contributed by atoms with van der Waals surface area (Å²) in [6.07, 6.45) is 3.49. The lowest BCUT2D eigenvalue weighted by atomic mass is 9.85. The zero-order valence-corrected chi connectivity index (χ0v) is 17.9. The second-order valence-corrected chi connectivity index (χ2v) is 8.48. The van der Waals surface area contributed by atoms with E-state index in [4.69, 9.17) is 0 Å². The number of halogens is 2. The summed E-state index contributed by atoms with van der Waals surface area (Å²) in [5, 5.41) is 10.5. The van der Waals surface area contributed by atoms with Gasteiger partial charge in [0.05, 0.1) is 6.20 Å². The minimum absolute atomic E-state index is 0.0946. The number of aromatic nitrogens is 2. The van der Waals surface area contributed by atoms with Crippen molar-refractivity contribution in [2.24, 2.45) is 0 Å². The standard InChI is InChI=1S/C23H18BrFN4O2/c24-14-4-1-3-13(11-14)21-20-18(5-2-6-19(20)30)28-22-17(12-26-29(21)22)23(31)27-16-9-7-15(25)8-10-16/h1,3-4,7-12,21,28H,2,5-6H2,(H,27,31)/t21-/m0/s1. The lowest BCUT2D eigenvalue weighted by Crippen LogP contribution is -2.32. The number of hydrogen-bond donors (Lipinski definition) is 2. The molecule has 2 N–H and O–H groups in total. The van der Waals surface area contributed by atoms with Gasteiger partial charge in [0.25, 0.3) is 5.91 Å². The average molecular weight is 481 g/mol. The fraction of sp³-hybridized carbons (Fsp3) is 0.174. The summed E-state index contributed by atoms with van der Waals surface area (Å²) in [7, 11) is 0. The SMILES string of the molecule is O=C1CCCC2=C1[C@H](c1cccc(Br)c1)n1ncc(C(=O)Nc3ccc(F)cc3)c1N2. The van der Waals surface area contributed by atoms with Crippen molar-refractivity contribution in [2.45, 2.75) is 25.3 Å². The third kappa shape index (κ3) is 3.57. The van der Waals surface area contributed by atoms with Crippen LogP contribution in [0.25, 0.3) is 0 Å². The minimum Gasteiger partial charge on any atom is -0.343 e. The van der Waals surface area contributed by atoms with Crippen molar-refractivity contribution in [2.75, 3.05) is 10.6 Å². The summed E-state index contributed by atoms with van der Waals surface area (Å²) >= 11 is 3.51. The summed E-state index contributed by atoms with van der Waals surface area (Å²) in [6.45, 7) is 0. The number of anilines is 2. The fourth-order valence-corrected chi connectivity index (χ4v) is 4.56. The molecule has 6 nitrogen and oxygen atoms in total. The van der Waals surface area contributed by atoms with Crippen molar-refractivity contribution in [3.8, 4) is 0 Å². The van der Waals surface area contributed by atoms with Crippen LogP contribution in [0.3, 0.4) is 0 Å². The molecule has 5 rings (SSSR count). The molecule has 0 saturated carbocycles. The van der Waals surface area contributed by atoms with Crippen LogP contribution in [0.4, 0.5) is 15.9 Å². The van der Waals surface area contributed by atoms with Gasteiger partial charge < -0.3 is 10.6 Å². The maximum atomic E-state index is 13.2. The number of hydrogen-bond acceptors (Lipinski definition) is 4. The van der Waals surface area contributed by atoms with E-state index >= 15 is 0 Å². The van der Waals surface area contributed by atoms with Crippen LogP contribution in [-0.4, -0.2) is 21.5 Å². The van der Waals surface area contributed by atoms with E-state index in [-0.39, 0.29) is 17.5 Å². The van der Waals surface area contributed by atoms with E-state index in [1.807, 2.05) is 24.3 Å². The van der Waals surface area contributed by atoms with Crippen LogP contribution >= 0.6 is 15.9 Å². The number of amides is 1. The average Bonchev–Trinajstić information content (AvgIpc) is 3.18. The van der Waals surface area contributed by atoms with Crippen LogP contribution in [0, 0.1) is 5.82 Å². The Morgan fingerprint density at radius 2 is 2.00 bits per heavy atom. The van der Waals surface area contributed by atoms with E-state index in [9.17, 15) is 14.0 Å². The second-order valence-electron chi connectivity index (χ2n) is 7.56. The van der Waals surface area contributed by atoms with Crippen molar-refractivity contribution >= 4 is 39.1 Å². The molecule has 1 atom stereocenters. The lowest BCUT2D eigenvalue weighted by molar-refractivity contribution is -0.116. The van der Waals surface area contributed by atoms with Gasteiger partial charge in [0.1, 0.15) is 23.2 Å². The van der Waals surface area contributed by atoms with Crippen LogP contribution in [0.15, 0.2) is 70.5 Å². The molecule has 2 aromatic carbocycles. The summed E-state index contributed by atoms with van der Waals surface area (Å²) < 4.78 is 15.8. The lowest BCUT2D eigenvalue weighted by Gasteiger charge is -2.33. The fourth-order valence-electron chi connectivity index (χ4n) is 4.14. The number of allylic oxidation sites excluding steroid dienone is 2. The minimum atomic E-state index is -0.413. The molecule has 0 fully saturated rings. The monoisotopic (exact) mass is 480 g/mol. The predicted octanol–water partition coefficient (Wildman–Crippen LogP) is 5.06. The van der Waals surface area contributed by atoms with E-state index < -0.39 is 6.04 Å². The molecular weight excluding hydrogens is 463 g/mol. The van der Waals surface area contributed by atoms with Crippen molar-refractivity contribution in [1.29, 1.82) is 0 Å². The first kappa shape index (κ1) is 19.7. The largest absolute Gasteiger partial charge is 0.343 e. The van der Waals surface area contributed by atoms with Crippen LogP contribution in [0.5, 0.6) is 0 Å². The molecule has 1 aliphatic carbocycles. The van der Waals surface area contributed by atoms with Gasteiger partial charge in [-0.3, -0.25) is 9.59 Å². The topological polar surface area (TPSA) is 76.0 Å². The maximum absolute atomic E-state index is 13.2. The number of nitrogens with zero attached hydrogens (tertiary/aromatic N) is 2. The van der Waals surface area contributed by atoms with Gasteiger partial charge in [-0.1, -0.05) is 28.1 Å². The first-order chi connectivity index (χ1) is 15.0. The smallest absolute Gasteiger partial charge is 0.261 e. The molecule has 0 radical (unpaired) electrons. The molecule has 2 heterocycles. The number of carbonyl (C=O) groups is 2. The van der Waals surface area contributed by atoms with E-state index in [2.05, 4.69) is 31.7 Å². The predicted molar refractivity (Wildman–Crippen MR) is 118 cm³/mol. The van der Waals surface area contributed by atoms with Gasteiger partial charge in [-0.05, 0) is 54.8 Å². The highest BCUT2D eigenvalue weighted by atomic mass is 79.9. The third-order valence-electron chi connectivity index (χ3n) is 5.55. The Bertz CT molecular complexity index is 1230. The number of benzene rings is 2. The Balaban J connectivity index is 1.57. The van der Waals surface area contributed by atoms with Gasteiger partial charge in [0, 0.05) is 27.9 Å². The van der Waals surface area contributed by atoms with Crippen molar-refractivity contribution in [1.82, 2.24) is 9.78 Å². The van der Waals surface area contributed by atoms with Crippen LogP contribution in [-0.2, 0) is 4.79 Å². The Kier molecular flexibility index (Phi) is 4.94. The molecule has 0 saturated heterocycles. The van der Waals surface area contributed by atoms with E-state index in [1.54, 1.807) is 4.68 Å². The summed E-state index contributed by atoms with van der Waals surface area (Å²) in [5.41, 5.74) is 3.29. The summed E-state index contributed by atoms with van der Waals surface area (Å²) in [6, 6.07) is 12.9. The number of fused-ring (bicyclic) bond motifs is 1. The van der Waals surface area contributed by atoms with Gasteiger partial charge in [-0.25, -0.2) is 9.07 Å². The van der Waals surface area contributed by atoms with E-state index in [0.29, 0.717) is 29.1 Å². The van der Waals surface area contributed by atoms with Crippen molar-refractivity contribution in [3.05, 3.63) is 87.4 Å². The Morgan fingerprint density at radius 1 is 1.19 bits per heavy atom. The number of ketones is 1. The van der Waals surface area contributed by atoms with Gasteiger partial charge >= 0.3 is 0 Å². The van der Waals surface area contributed by atoms with Gasteiger partial charge in [0.15, 0.2) is 5.78 Å². The number of carbonyl (C=O) groups excluding carboxylic acids is 2. The first-order valence-electron chi connectivity index (χ1n) is 9.94. The molecule has 156 valence electrons.